The predicted octanol–water partition coefficient (Wildman–Crippen LogP) is 5.38. The van der Waals surface area contributed by atoms with Crippen LogP contribution in [0, 0.1) is 6.92 Å². The lowest BCUT2D eigenvalue weighted by Crippen LogP contribution is -2.32. The predicted molar refractivity (Wildman–Crippen MR) is 133 cm³/mol. The van der Waals surface area contributed by atoms with E-state index in [-0.39, 0.29) is 5.91 Å². The SMILES string of the molecule is Cc1cc2ncnc(NC3CC3)c2cc1-c1cccc(CN(C(=O)c2cccnc2)C2CC2)c1. The van der Waals surface area contributed by atoms with Gasteiger partial charge in [0.1, 0.15) is 12.1 Å². The lowest BCUT2D eigenvalue weighted by molar-refractivity contribution is 0.0729. The van der Waals surface area contributed by atoms with Gasteiger partial charge in [0.15, 0.2) is 0 Å². The number of hydrogen-bond acceptors (Lipinski definition) is 5. The van der Waals surface area contributed by atoms with Crippen LogP contribution in [0.25, 0.3) is 22.0 Å². The van der Waals surface area contributed by atoms with Crippen molar-refractivity contribution in [2.45, 2.75) is 51.2 Å². The Bertz CT molecular complexity index is 1360. The number of nitrogens with zero attached hydrogens (tertiary/aromatic N) is 4. The summed E-state index contributed by atoms with van der Waals surface area (Å²) in [5.74, 6) is 0.961. The summed E-state index contributed by atoms with van der Waals surface area (Å²) in [6, 6.07) is 17.4. The summed E-state index contributed by atoms with van der Waals surface area (Å²) in [5.41, 5.74) is 6.21. The van der Waals surface area contributed by atoms with Crippen LogP contribution in [0.1, 0.15) is 47.2 Å². The van der Waals surface area contributed by atoms with E-state index in [1.54, 1.807) is 18.7 Å². The summed E-state index contributed by atoms with van der Waals surface area (Å²) in [5, 5.41) is 4.59. The minimum Gasteiger partial charge on any atom is -0.367 e. The highest BCUT2D eigenvalue weighted by Crippen LogP contribution is 2.34. The summed E-state index contributed by atoms with van der Waals surface area (Å²) in [4.78, 5) is 28.3. The molecule has 1 N–H and O–H groups in total. The number of benzene rings is 2. The molecule has 6 nitrogen and oxygen atoms in total. The summed E-state index contributed by atoms with van der Waals surface area (Å²) in [6.07, 6.45) is 9.51. The van der Waals surface area contributed by atoms with Crippen LogP contribution < -0.4 is 5.32 Å². The summed E-state index contributed by atoms with van der Waals surface area (Å²) >= 11 is 0. The van der Waals surface area contributed by atoms with Crippen molar-refractivity contribution in [1.82, 2.24) is 19.9 Å². The highest BCUT2D eigenvalue weighted by Gasteiger charge is 2.33. The molecular weight excluding hydrogens is 422 g/mol. The van der Waals surface area contributed by atoms with Crippen molar-refractivity contribution in [1.29, 1.82) is 0 Å². The van der Waals surface area contributed by atoms with Crippen LogP contribution in [-0.2, 0) is 6.54 Å². The molecule has 0 radical (unpaired) electrons. The van der Waals surface area contributed by atoms with E-state index in [1.807, 2.05) is 17.0 Å². The van der Waals surface area contributed by atoms with Crippen LogP contribution in [0.15, 0.2) is 67.3 Å². The van der Waals surface area contributed by atoms with Gasteiger partial charge in [0, 0.05) is 36.4 Å². The lowest BCUT2D eigenvalue weighted by atomic mass is 9.96. The Balaban J connectivity index is 1.32. The second-order valence-electron chi connectivity index (χ2n) is 9.43. The number of carbonyl (C=O) groups excluding carboxylic acids is 1. The fraction of sp³-hybridized carbons (Fsp3) is 0.286. The van der Waals surface area contributed by atoms with Crippen LogP contribution in [0.4, 0.5) is 5.82 Å². The molecule has 0 bridgehead atoms. The van der Waals surface area contributed by atoms with Gasteiger partial charge in [-0.2, -0.15) is 0 Å². The second kappa shape index (κ2) is 8.52. The largest absolute Gasteiger partial charge is 0.367 e. The molecule has 2 fully saturated rings. The maximum Gasteiger partial charge on any atom is 0.255 e. The van der Waals surface area contributed by atoms with E-state index < -0.39 is 0 Å². The molecular formula is C28H27N5O. The van der Waals surface area contributed by atoms with Gasteiger partial charge in [-0.05, 0) is 85.2 Å². The molecule has 2 aromatic heterocycles. The number of amides is 1. The fourth-order valence-electron chi connectivity index (χ4n) is 4.50. The quantitative estimate of drug-likeness (QED) is 0.410. The molecule has 2 aliphatic carbocycles. The third kappa shape index (κ3) is 4.23. The van der Waals surface area contributed by atoms with Crippen molar-refractivity contribution in [3.8, 4) is 11.1 Å². The van der Waals surface area contributed by atoms with Crippen molar-refractivity contribution < 1.29 is 4.79 Å². The Morgan fingerprint density at radius 1 is 1.06 bits per heavy atom. The van der Waals surface area contributed by atoms with Gasteiger partial charge < -0.3 is 10.2 Å². The molecule has 6 heteroatoms. The first-order valence-corrected chi connectivity index (χ1v) is 12.0. The molecule has 0 unspecified atom stereocenters. The Hall–Kier alpha value is -3.80. The van der Waals surface area contributed by atoms with E-state index in [0.29, 0.717) is 24.2 Å². The Morgan fingerprint density at radius 3 is 2.71 bits per heavy atom. The van der Waals surface area contributed by atoms with E-state index in [4.69, 9.17) is 0 Å². The van der Waals surface area contributed by atoms with E-state index in [1.165, 1.54) is 24.0 Å². The Labute approximate surface area is 199 Å². The Morgan fingerprint density at radius 2 is 1.94 bits per heavy atom. The first-order valence-electron chi connectivity index (χ1n) is 12.0. The van der Waals surface area contributed by atoms with Gasteiger partial charge in [0.2, 0.25) is 0 Å². The number of rotatable bonds is 7. The standard InChI is InChI=1S/C28H27N5O/c1-18-12-26-25(27(31-17-30-26)32-22-7-8-22)14-24(18)20-5-2-4-19(13-20)16-33(23-9-10-23)28(34)21-6-3-11-29-15-21/h2-6,11-15,17,22-23H,7-10,16H2,1H3,(H,30,31,32). The fourth-order valence-corrected chi connectivity index (χ4v) is 4.50. The van der Waals surface area contributed by atoms with E-state index in [0.717, 1.165) is 40.7 Å². The number of pyridine rings is 1. The molecule has 2 saturated carbocycles. The van der Waals surface area contributed by atoms with Crippen molar-refractivity contribution in [2.75, 3.05) is 5.32 Å². The molecule has 2 aliphatic rings. The third-order valence-corrected chi connectivity index (χ3v) is 6.65. The molecule has 0 spiro atoms. The maximum absolute atomic E-state index is 13.2. The van der Waals surface area contributed by atoms with E-state index >= 15 is 0 Å². The average molecular weight is 450 g/mol. The lowest BCUT2D eigenvalue weighted by Gasteiger charge is -2.23. The smallest absolute Gasteiger partial charge is 0.255 e. The molecule has 0 aliphatic heterocycles. The van der Waals surface area contributed by atoms with E-state index in [9.17, 15) is 4.79 Å². The molecule has 34 heavy (non-hydrogen) atoms. The van der Waals surface area contributed by atoms with Gasteiger partial charge in [0.25, 0.3) is 5.91 Å². The number of carbonyl (C=O) groups is 1. The molecule has 6 rings (SSSR count). The van der Waals surface area contributed by atoms with Crippen molar-refractivity contribution in [2.24, 2.45) is 0 Å². The van der Waals surface area contributed by atoms with Crippen molar-refractivity contribution in [3.05, 3.63) is 83.9 Å². The number of aryl methyl sites for hydroxylation is 1. The molecule has 4 aromatic rings. The number of fused-ring (bicyclic) bond motifs is 1. The zero-order valence-electron chi connectivity index (χ0n) is 19.2. The average Bonchev–Trinajstić information content (AvgIpc) is 3.78. The van der Waals surface area contributed by atoms with Crippen molar-refractivity contribution >= 4 is 22.6 Å². The van der Waals surface area contributed by atoms with Crippen LogP contribution in [-0.4, -0.2) is 37.8 Å². The van der Waals surface area contributed by atoms with Gasteiger partial charge in [-0.1, -0.05) is 18.2 Å². The number of anilines is 1. The zero-order chi connectivity index (χ0) is 23.1. The summed E-state index contributed by atoms with van der Waals surface area (Å²) in [6.45, 7) is 2.72. The normalized spacial score (nSPS) is 15.3. The molecule has 2 aromatic carbocycles. The van der Waals surface area contributed by atoms with Gasteiger partial charge in [-0.15, -0.1) is 0 Å². The van der Waals surface area contributed by atoms with Crippen LogP contribution in [0.2, 0.25) is 0 Å². The maximum atomic E-state index is 13.2. The molecule has 2 heterocycles. The highest BCUT2D eigenvalue weighted by molar-refractivity contribution is 5.95. The minimum atomic E-state index is 0.0517. The number of nitrogens with one attached hydrogen (secondary N) is 1. The highest BCUT2D eigenvalue weighted by atomic mass is 16.2. The molecule has 170 valence electrons. The molecule has 0 atom stereocenters. The monoisotopic (exact) mass is 449 g/mol. The van der Waals surface area contributed by atoms with Crippen LogP contribution >= 0.6 is 0 Å². The summed E-state index contributed by atoms with van der Waals surface area (Å²) < 4.78 is 0. The van der Waals surface area contributed by atoms with Crippen molar-refractivity contribution in [3.63, 3.8) is 0 Å². The number of aromatic nitrogens is 3. The Kier molecular flexibility index (Phi) is 5.21. The van der Waals surface area contributed by atoms with Gasteiger partial charge in [-0.25, -0.2) is 9.97 Å². The van der Waals surface area contributed by atoms with Crippen LogP contribution in [0.5, 0.6) is 0 Å². The van der Waals surface area contributed by atoms with Crippen LogP contribution in [0.3, 0.4) is 0 Å². The zero-order valence-corrected chi connectivity index (χ0v) is 19.2. The van der Waals surface area contributed by atoms with Gasteiger partial charge in [0.05, 0.1) is 11.1 Å². The topological polar surface area (TPSA) is 71.0 Å². The first kappa shape index (κ1) is 20.8. The van der Waals surface area contributed by atoms with Gasteiger partial charge in [-0.3, -0.25) is 9.78 Å². The number of hydrogen-bond donors (Lipinski definition) is 1. The molecule has 0 saturated heterocycles. The summed E-state index contributed by atoms with van der Waals surface area (Å²) in [7, 11) is 0. The molecule has 1 amide bonds. The minimum absolute atomic E-state index is 0.0517. The third-order valence-electron chi connectivity index (χ3n) is 6.65. The first-order chi connectivity index (χ1) is 16.7. The second-order valence-corrected chi connectivity index (χ2v) is 9.43. The van der Waals surface area contributed by atoms with E-state index in [2.05, 4.69) is 63.6 Å². The van der Waals surface area contributed by atoms with Gasteiger partial charge >= 0.3 is 0 Å².